The minimum atomic E-state index is -1.01. The molecule has 0 heterocycles. The Hall–Kier alpha value is -1.06. The Morgan fingerprint density at radius 1 is 1.00 bits per heavy atom. The molecule has 2 N–H and O–H groups in total. The lowest BCUT2D eigenvalue weighted by Gasteiger charge is -2.41. The lowest BCUT2D eigenvalue weighted by atomic mass is 9.68. The molecule has 0 radical (unpaired) electrons. The topological polar surface area (TPSA) is 66.4 Å². The molecular weight excluding hydrogens is 254 g/mol. The molecule has 0 aromatic rings. The third-order valence-corrected chi connectivity index (χ3v) is 5.30. The molecule has 0 aromatic heterocycles. The third kappa shape index (κ3) is 2.99. The van der Waals surface area contributed by atoms with Gasteiger partial charge in [-0.2, -0.15) is 0 Å². The van der Waals surface area contributed by atoms with Crippen LogP contribution in [-0.4, -0.2) is 22.5 Å². The zero-order chi connectivity index (χ0) is 14.8. The van der Waals surface area contributed by atoms with Crippen LogP contribution in [0.2, 0.25) is 0 Å². The molecule has 1 atom stereocenters. The summed E-state index contributed by atoms with van der Waals surface area (Å²) in [6.07, 6.45) is 8.16. The van der Waals surface area contributed by atoms with Gasteiger partial charge in [0.15, 0.2) is 0 Å². The van der Waals surface area contributed by atoms with Crippen molar-refractivity contribution in [1.82, 2.24) is 5.32 Å². The molecule has 1 unspecified atom stereocenters. The zero-order valence-corrected chi connectivity index (χ0v) is 12.7. The van der Waals surface area contributed by atoms with Crippen molar-refractivity contribution in [2.45, 2.75) is 77.2 Å². The Bertz CT molecular complexity index is 383. The second kappa shape index (κ2) is 5.74. The van der Waals surface area contributed by atoms with Crippen LogP contribution >= 0.6 is 0 Å². The summed E-state index contributed by atoms with van der Waals surface area (Å²) in [5, 5.41) is 12.5. The molecule has 2 fully saturated rings. The molecular formula is C16H27NO3. The van der Waals surface area contributed by atoms with Crippen LogP contribution in [0.1, 0.15) is 71.6 Å². The summed E-state index contributed by atoms with van der Waals surface area (Å²) < 4.78 is 0. The average Bonchev–Trinajstić information content (AvgIpc) is 2.38. The fourth-order valence-corrected chi connectivity index (χ4v) is 3.85. The monoisotopic (exact) mass is 281 g/mol. The highest BCUT2D eigenvalue weighted by molar-refractivity contribution is 5.88. The summed E-state index contributed by atoms with van der Waals surface area (Å²) in [6, 6.07) is 0. The second-order valence-electron chi connectivity index (χ2n) is 7.22. The summed E-state index contributed by atoms with van der Waals surface area (Å²) in [5.41, 5.74) is -1.03. The molecule has 0 bridgehead atoms. The maximum absolute atomic E-state index is 12.6. The van der Waals surface area contributed by atoms with E-state index in [0.29, 0.717) is 12.8 Å². The normalized spacial score (nSPS) is 28.6. The van der Waals surface area contributed by atoms with Crippen LogP contribution in [0.3, 0.4) is 0 Å². The number of carbonyl (C=O) groups excluding carboxylic acids is 1. The fraction of sp³-hybridized carbons (Fsp3) is 0.875. The van der Waals surface area contributed by atoms with Gasteiger partial charge in [-0.1, -0.05) is 46.0 Å². The smallest absolute Gasteiger partial charge is 0.329 e. The van der Waals surface area contributed by atoms with Gasteiger partial charge < -0.3 is 10.4 Å². The van der Waals surface area contributed by atoms with Gasteiger partial charge in [0, 0.05) is 5.92 Å². The van der Waals surface area contributed by atoms with E-state index in [1.54, 1.807) is 0 Å². The standard InChI is InChI=1S/C16H27NO3/c1-15(2)9-7-4-8-12(15)13(18)17-16(14(19)20)10-5-3-6-11-16/h12H,3-11H2,1-2H3,(H,17,18)(H,19,20). The predicted octanol–water partition coefficient (Wildman–Crippen LogP) is 3.11. The van der Waals surface area contributed by atoms with Crippen LogP contribution < -0.4 is 5.32 Å². The maximum Gasteiger partial charge on any atom is 0.329 e. The summed E-state index contributed by atoms with van der Waals surface area (Å²) >= 11 is 0. The van der Waals surface area contributed by atoms with Gasteiger partial charge in [-0.3, -0.25) is 4.79 Å². The lowest BCUT2D eigenvalue weighted by molar-refractivity contribution is -0.151. The fourth-order valence-electron chi connectivity index (χ4n) is 3.85. The van der Waals surface area contributed by atoms with Crippen molar-refractivity contribution in [2.24, 2.45) is 11.3 Å². The maximum atomic E-state index is 12.6. The number of aliphatic carboxylic acids is 1. The first-order valence-electron chi connectivity index (χ1n) is 7.93. The second-order valence-corrected chi connectivity index (χ2v) is 7.22. The van der Waals surface area contributed by atoms with E-state index in [0.717, 1.165) is 38.5 Å². The molecule has 1 amide bonds. The van der Waals surface area contributed by atoms with E-state index in [4.69, 9.17) is 0 Å². The predicted molar refractivity (Wildman–Crippen MR) is 77.3 cm³/mol. The molecule has 0 saturated heterocycles. The molecule has 0 aromatic carbocycles. The average molecular weight is 281 g/mol. The number of carboxylic acid groups (broad SMARTS) is 1. The number of rotatable bonds is 3. The molecule has 114 valence electrons. The van der Waals surface area contributed by atoms with E-state index in [1.165, 1.54) is 6.42 Å². The van der Waals surface area contributed by atoms with Crippen molar-refractivity contribution in [3.8, 4) is 0 Å². The number of carbonyl (C=O) groups is 2. The largest absolute Gasteiger partial charge is 0.480 e. The van der Waals surface area contributed by atoms with Crippen molar-refractivity contribution >= 4 is 11.9 Å². The van der Waals surface area contributed by atoms with Crippen molar-refractivity contribution in [1.29, 1.82) is 0 Å². The van der Waals surface area contributed by atoms with E-state index in [1.807, 2.05) is 0 Å². The van der Waals surface area contributed by atoms with E-state index < -0.39 is 11.5 Å². The van der Waals surface area contributed by atoms with Gasteiger partial charge in [0.25, 0.3) is 0 Å². The summed E-state index contributed by atoms with van der Waals surface area (Å²) in [4.78, 5) is 24.3. The Balaban J connectivity index is 2.10. The third-order valence-electron chi connectivity index (χ3n) is 5.30. The van der Waals surface area contributed by atoms with Crippen molar-refractivity contribution in [2.75, 3.05) is 0 Å². The number of hydrogen-bond acceptors (Lipinski definition) is 2. The summed E-state index contributed by atoms with van der Waals surface area (Å²) in [6.45, 7) is 4.26. The summed E-state index contributed by atoms with van der Waals surface area (Å²) in [7, 11) is 0. The minimum absolute atomic E-state index is 0.0172. The first-order chi connectivity index (χ1) is 9.37. The highest BCUT2D eigenvalue weighted by Crippen LogP contribution is 2.41. The van der Waals surface area contributed by atoms with Crippen LogP contribution in [0.5, 0.6) is 0 Å². The van der Waals surface area contributed by atoms with Gasteiger partial charge >= 0.3 is 5.97 Å². The van der Waals surface area contributed by atoms with Crippen molar-refractivity contribution in [3.63, 3.8) is 0 Å². The Morgan fingerprint density at radius 2 is 1.60 bits per heavy atom. The van der Waals surface area contributed by atoms with Crippen molar-refractivity contribution in [3.05, 3.63) is 0 Å². The van der Waals surface area contributed by atoms with E-state index in [9.17, 15) is 14.7 Å². The Labute approximate surface area is 121 Å². The number of nitrogens with one attached hydrogen (secondary N) is 1. The first kappa shape index (κ1) is 15.3. The van der Waals surface area contributed by atoms with Gasteiger partial charge in [-0.15, -0.1) is 0 Å². The van der Waals surface area contributed by atoms with Crippen LogP contribution in [0, 0.1) is 11.3 Å². The lowest BCUT2D eigenvalue weighted by Crippen LogP contribution is -2.58. The number of carboxylic acids is 1. The van der Waals surface area contributed by atoms with E-state index in [-0.39, 0.29) is 17.2 Å². The molecule has 0 aliphatic heterocycles. The van der Waals surface area contributed by atoms with Gasteiger partial charge in [0.2, 0.25) is 5.91 Å². The highest BCUT2D eigenvalue weighted by atomic mass is 16.4. The molecule has 4 heteroatoms. The molecule has 20 heavy (non-hydrogen) atoms. The van der Waals surface area contributed by atoms with Crippen LogP contribution in [-0.2, 0) is 9.59 Å². The SMILES string of the molecule is CC1(C)CCCCC1C(=O)NC1(C(=O)O)CCCCC1. The minimum Gasteiger partial charge on any atom is -0.480 e. The van der Waals surface area contributed by atoms with Crippen molar-refractivity contribution < 1.29 is 14.7 Å². The van der Waals surface area contributed by atoms with Gasteiger partial charge in [-0.25, -0.2) is 4.79 Å². The van der Waals surface area contributed by atoms with E-state index >= 15 is 0 Å². The first-order valence-corrected chi connectivity index (χ1v) is 7.93. The summed E-state index contributed by atoms with van der Waals surface area (Å²) in [5.74, 6) is -0.951. The van der Waals surface area contributed by atoms with Crippen LogP contribution in [0.15, 0.2) is 0 Å². The number of hydrogen-bond donors (Lipinski definition) is 2. The molecule has 2 aliphatic rings. The molecule has 2 aliphatic carbocycles. The highest BCUT2D eigenvalue weighted by Gasteiger charge is 2.45. The molecule has 2 saturated carbocycles. The molecule has 4 nitrogen and oxygen atoms in total. The quantitative estimate of drug-likeness (QED) is 0.835. The molecule has 2 rings (SSSR count). The zero-order valence-electron chi connectivity index (χ0n) is 12.7. The molecule has 0 spiro atoms. The number of amides is 1. The van der Waals surface area contributed by atoms with E-state index in [2.05, 4.69) is 19.2 Å². The van der Waals surface area contributed by atoms with Gasteiger partial charge in [0.05, 0.1) is 0 Å². The van der Waals surface area contributed by atoms with Crippen LogP contribution in [0.25, 0.3) is 0 Å². The van der Waals surface area contributed by atoms with Crippen LogP contribution in [0.4, 0.5) is 0 Å². The van der Waals surface area contributed by atoms with Gasteiger partial charge in [0.1, 0.15) is 5.54 Å². The van der Waals surface area contributed by atoms with Gasteiger partial charge in [-0.05, 0) is 31.1 Å². The Kier molecular flexibility index (Phi) is 4.40. The Morgan fingerprint density at radius 3 is 2.15 bits per heavy atom.